The van der Waals surface area contributed by atoms with Gasteiger partial charge in [0.1, 0.15) is 6.26 Å². The first-order valence-corrected chi connectivity index (χ1v) is 6.13. The lowest BCUT2D eigenvalue weighted by Crippen LogP contribution is -2.18. The van der Waals surface area contributed by atoms with Crippen molar-refractivity contribution >= 4 is 11.6 Å². The van der Waals surface area contributed by atoms with E-state index in [-0.39, 0.29) is 0 Å². The van der Waals surface area contributed by atoms with Gasteiger partial charge in [-0.2, -0.15) is 5.26 Å². The van der Waals surface area contributed by atoms with Crippen LogP contribution >= 0.6 is 0 Å². The SMILES string of the molecule is N#Cc1cccc(N2C=COC(c3ccccc3)=N2)c1. The molecule has 0 bridgehead atoms. The van der Waals surface area contributed by atoms with Gasteiger partial charge in [-0.15, -0.1) is 5.10 Å². The molecule has 2 aromatic rings. The molecule has 0 radical (unpaired) electrons. The zero-order valence-corrected chi connectivity index (χ0v) is 10.6. The Morgan fingerprint density at radius 3 is 2.70 bits per heavy atom. The molecule has 20 heavy (non-hydrogen) atoms. The molecule has 3 rings (SSSR count). The fourth-order valence-corrected chi connectivity index (χ4v) is 1.88. The Morgan fingerprint density at radius 2 is 1.90 bits per heavy atom. The minimum Gasteiger partial charge on any atom is -0.443 e. The maximum atomic E-state index is 8.94. The van der Waals surface area contributed by atoms with Crippen molar-refractivity contribution in [3.63, 3.8) is 0 Å². The van der Waals surface area contributed by atoms with Crippen molar-refractivity contribution < 1.29 is 4.74 Å². The quantitative estimate of drug-likeness (QED) is 0.833. The van der Waals surface area contributed by atoms with Crippen molar-refractivity contribution in [2.24, 2.45) is 5.10 Å². The average molecular weight is 261 g/mol. The summed E-state index contributed by atoms with van der Waals surface area (Å²) >= 11 is 0. The predicted molar refractivity (Wildman–Crippen MR) is 76.8 cm³/mol. The highest BCUT2D eigenvalue weighted by Crippen LogP contribution is 2.20. The van der Waals surface area contributed by atoms with Gasteiger partial charge in [-0.25, -0.2) is 5.01 Å². The molecule has 0 aliphatic carbocycles. The fourth-order valence-electron chi connectivity index (χ4n) is 1.88. The highest BCUT2D eigenvalue weighted by Gasteiger charge is 2.12. The van der Waals surface area contributed by atoms with E-state index in [0.717, 1.165) is 11.3 Å². The number of nitrogens with zero attached hydrogens (tertiary/aromatic N) is 3. The van der Waals surface area contributed by atoms with E-state index in [2.05, 4.69) is 11.2 Å². The summed E-state index contributed by atoms with van der Waals surface area (Å²) in [7, 11) is 0. The second-order valence-electron chi connectivity index (χ2n) is 4.18. The number of hydrazone groups is 1. The first-order chi connectivity index (χ1) is 9.86. The molecule has 4 heteroatoms. The van der Waals surface area contributed by atoms with Crippen molar-refractivity contribution in [2.75, 3.05) is 5.01 Å². The van der Waals surface area contributed by atoms with Crippen LogP contribution in [0.2, 0.25) is 0 Å². The highest BCUT2D eigenvalue weighted by atomic mass is 16.5. The standard InChI is InChI=1S/C16H11N3O/c17-12-13-5-4-8-15(11-13)19-9-10-20-16(18-19)14-6-2-1-3-7-14/h1-11H. The molecule has 0 aromatic heterocycles. The molecular formula is C16H11N3O. The molecule has 0 saturated carbocycles. The molecule has 96 valence electrons. The van der Waals surface area contributed by atoms with Crippen molar-refractivity contribution in [3.8, 4) is 6.07 Å². The van der Waals surface area contributed by atoms with E-state index in [4.69, 9.17) is 10.00 Å². The molecule has 1 aliphatic heterocycles. The van der Waals surface area contributed by atoms with Crippen LogP contribution in [0.25, 0.3) is 0 Å². The molecular weight excluding hydrogens is 250 g/mol. The van der Waals surface area contributed by atoms with Crippen molar-refractivity contribution in [3.05, 3.63) is 78.2 Å². The zero-order valence-electron chi connectivity index (χ0n) is 10.6. The monoisotopic (exact) mass is 261 g/mol. The molecule has 0 atom stereocenters. The lowest BCUT2D eigenvalue weighted by atomic mass is 10.2. The maximum absolute atomic E-state index is 8.94. The van der Waals surface area contributed by atoms with E-state index >= 15 is 0 Å². The summed E-state index contributed by atoms with van der Waals surface area (Å²) in [6.45, 7) is 0. The van der Waals surface area contributed by atoms with E-state index in [0.29, 0.717) is 11.5 Å². The Morgan fingerprint density at radius 1 is 1.05 bits per heavy atom. The molecule has 0 saturated heterocycles. The van der Waals surface area contributed by atoms with Crippen LogP contribution in [-0.2, 0) is 4.74 Å². The van der Waals surface area contributed by atoms with E-state index in [9.17, 15) is 0 Å². The number of hydrogen-bond donors (Lipinski definition) is 0. The van der Waals surface area contributed by atoms with Gasteiger partial charge >= 0.3 is 0 Å². The number of nitriles is 1. The Bertz CT molecular complexity index is 714. The van der Waals surface area contributed by atoms with E-state index < -0.39 is 0 Å². The van der Waals surface area contributed by atoms with Gasteiger partial charge < -0.3 is 4.74 Å². The molecule has 0 unspecified atom stereocenters. The minimum absolute atomic E-state index is 0.524. The van der Waals surface area contributed by atoms with Gasteiger partial charge in [0, 0.05) is 5.56 Å². The van der Waals surface area contributed by atoms with Crippen molar-refractivity contribution in [1.82, 2.24) is 0 Å². The minimum atomic E-state index is 0.524. The average Bonchev–Trinajstić information content (AvgIpc) is 2.56. The summed E-state index contributed by atoms with van der Waals surface area (Å²) in [6, 6.07) is 19.0. The van der Waals surface area contributed by atoms with Crippen LogP contribution in [-0.4, -0.2) is 5.90 Å². The van der Waals surface area contributed by atoms with Gasteiger partial charge in [0.15, 0.2) is 0 Å². The third-order valence-electron chi connectivity index (χ3n) is 2.84. The summed E-state index contributed by atoms with van der Waals surface area (Å²) in [4.78, 5) is 0. The largest absolute Gasteiger partial charge is 0.443 e. The van der Waals surface area contributed by atoms with Gasteiger partial charge in [0.05, 0.1) is 23.5 Å². The van der Waals surface area contributed by atoms with Gasteiger partial charge in [-0.3, -0.25) is 0 Å². The normalized spacial score (nSPS) is 13.3. The lowest BCUT2D eigenvalue weighted by molar-refractivity contribution is 0.458. The van der Waals surface area contributed by atoms with Crippen LogP contribution in [0.5, 0.6) is 0 Å². The number of ether oxygens (including phenoxy) is 1. The molecule has 0 N–H and O–H groups in total. The Labute approximate surface area is 116 Å². The van der Waals surface area contributed by atoms with Crippen molar-refractivity contribution in [2.45, 2.75) is 0 Å². The van der Waals surface area contributed by atoms with Crippen LogP contribution in [0, 0.1) is 11.3 Å². The Hall–Kier alpha value is -3.06. The molecule has 4 nitrogen and oxygen atoms in total. The summed E-state index contributed by atoms with van der Waals surface area (Å²) < 4.78 is 5.44. The maximum Gasteiger partial charge on any atom is 0.243 e. The predicted octanol–water partition coefficient (Wildman–Crippen LogP) is 3.23. The molecule has 2 aromatic carbocycles. The van der Waals surface area contributed by atoms with Crippen molar-refractivity contribution in [1.29, 1.82) is 5.26 Å². The van der Waals surface area contributed by atoms with Crippen LogP contribution < -0.4 is 5.01 Å². The number of benzene rings is 2. The van der Waals surface area contributed by atoms with E-state index in [1.165, 1.54) is 0 Å². The van der Waals surface area contributed by atoms with E-state index in [1.807, 2.05) is 42.5 Å². The Kier molecular flexibility index (Phi) is 3.17. The van der Waals surface area contributed by atoms with Crippen LogP contribution in [0.1, 0.15) is 11.1 Å². The number of anilines is 1. The summed E-state index contributed by atoms with van der Waals surface area (Å²) in [5, 5.41) is 15.1. The fraction of sp³-hybridized carbons (Fsp3) is 0. The molecule has 1 aliphatic rings. The summed E-state index contributed by atoms with van der Waals surface area (Å²) in [6.07, 6.45) is 3.29. The number of rotatable bonds is 2. The van der Waals surface area contributed by atoms with Gasteiger partial charge in [-0.05, 0) is 30.3 Å². The van der Waals surface area contributed by atoms with E-state index in [1.54, 1.807) is 29.6 Å². The number of hydrogen-bond acceptors (Lipinski definition) is 4. The third kappa shape index (κ3) is 2.38. The summed E-state index contributed by atoms with van der Waals surface area (Å²) in [5.41, 5.74) is 2.31. The molecule has 0 amide bonds. The van der Waals surface area contributed by atoms with Crippen LogP contribution in [0.4, 0.5) is 5.69 Å². The second kappa shape index (κ2) is 5.29. The van der Waals surface area contributed by atoms with Gasteiger partial charge in [0.25, 0.3) is 0 Å². The molecule has 0 spiro atoms. The van der Waals surface area contributed by atoms with Gasteiger partial charge in [0.2, 0.25) is 5.90 Å². The first-order valence-electron chi connectivity index (χ1n) is 6.13. The van der Waals surface area contributed by atoms with Crippen LogP contribution in [0.3, 0.4) is 0 Å². The lowest BCUT2D eigenvalue weighted by Gasteiger charge is -2.20. The second-order valence-corrected chi connectivity index (χ2v) is 4.18. The Balaban J connectivity index is 1.94. The van der Waals surface area contributed by atoms with Gasteiger partial charge in [-0.1, -0.05) is 24.3 Å². The smallest absolute Gasteiger partial charge is 0.243 e. The first kappa shape index (κ1) is 12.0. The molecule has 1 heterocycles. The topological polar surface area (TPSA) is 48.6 Å². The molecule has 0 fully saturated rings. The highest BCUT2D eigenvalue weighted by molar-refractivity contribution is 5.95. The zero-order chi connectivity index (χ0) is 13.8. The van der Waals surface area contributed by atoms with Crippen LogP contribution in [0.15, 0.2) is 72.2 Å². The summed E-state index contributed by atoms with van der Waals surface area (Å²) in [5.74, 6) is 0.524. The third-order valence-corrected chi connectivity index (χ3v) is 2.84.